The third-order valence-electron chi connectivity index (χ3n) is 5.22. The molecule has 0 atom stereocenters. The minimum atomic E-state index is -0.582. The van der Waals surface area contributed by atoms with Crippen molar-refractivity contribution in [3.05, 3.63) is 30.0 Å². The van der Waals surface area contributed by atoms with E-state index in [1.807, 2.05) is 18.2 Å². The van der Waals surface area contributed by atoms with Crippen LogP contribution in [0.25, 0.3) is 0 Å². The third-order valence-corrected chi connectivity index (χ3v) is 5.22. The molecule has 29 heavy (non-hydrogen) atoms. The van der Waals surface area contributed by atoms with E-state index in [2.05, 4.69) is 25.9 Å². The Bertz CT molecular complexity index is 883. The SMILES string of the molecule is NC(=O)c1cnc(Nc2ccc3c(c2)NCCCO3)nc1NC1CCC(O)CC1. The second-order valence-electron chi connectivity index (χ2n) is 7.43. The molecule has 0 spiro atoms. The van der Waals surface area contributed by atoms with Crippen LogP contribution < -0.4 is 26.4 Å². The lowest BCUT2D eigenvalue weighted by Gasteiger charge is -2.27. The zero-order chi connectivity index (χ0) is 20.2. The van der Waals surface area contributed by atoms with Crippen LogP contribution in [0, 0.1) is 0 Å². The Morgan fingerprint density at radius 3 is 2.90 bits per heavy atom. The van der Waals surface area contributed by atoms with Crippen LogP contribution in [0.1, 0.15) is 42.5 Å². The highest BCUT2D eigenvalue weighted by atomic mass is 16.5. The fourth-order valence-electron chi connectivity index (χ4n) is 3.62. The summed E-state index contributed by atoms with van der Waals surface area (Å²) < 4.78 is 5.71. The van der Waals surface area contributed by atoms with Gasteiger partial charge in [0.1, 0.15) is 11.6 Å². The molecule has 4 rings (SSSR count). The molecule has 1 aliphatic carbocycles. The van der Waals surface area contributed by atoms with Crippen LogP contribution >= 0.6 is 0 Å². The maximum absolute atomic E-state index is 11.8. The lowest BCUT2D eigenvalue weighted by Crippen LogP contribution is -2.30. The summed E-state index contributed by atoms with van der Waals surface area (Å²) >= 11 is 0. The molecule has 9 heteroatoms. The van der Waals surface area contributed by atoms with Gasteiger partial charge in [-0.05, 0) is 50.3 Å². The Morgan fingerprint density at radius 2 is 2.10 bits per heavy atom. The molecule has 0 saturated heterocycles. The van der Waals surface area contributed by atoms with Crippen LogP contribution in [-0.2, 0) is 0 Å². The maximum Gasteiger partial charge on any atom is 0.254 e. The van der Waals surface area contributed by atoms with Crippen molar-refractivity contribution >= 4 is 29.0 Å². The Kier molecular flexibility index (Phi) is 5.66. The first kappa shape index (κ1) is 19.3. The highest BCUT2D eigenvalue weighted by Gasteiger charge is 2.22. The smallest absolute Gasteiger partial charge is 0.254 e. The number of benzene rings is 1. The number of aliphatic hydroxyl groups excluding tert-OH is 1. The number of nitrogens with zero attached hydrogens (tertiary/aromatic N) is 2. The minimum absolute atomic E-state index is 0.132. The average molecular weight is 398 g/mol. The van der Waals surface area contributed by atoms with Crippen molar-refractivity contribution < 1.29 is 14.6 Å². The summed E-state index contributed by atoms with van der Waals surface area (Å²) in [7, 11) is 0. The summed E-state index contributed by atoms with van der Waals surface area (Å²) in [4.78, 5) is 20.5. The molecule has 1 aromatic carbocycles. The number of fused-ring (bicyclic) bond motifs is 1. The fourth-order valence-corrected chi connectivity index (χ4v) is 3.62. The van der Waals surface area contributed by atoms with Gasteiger partial charge in [0.2, 0.25) is 5.95 Å². The molecule has 9 nitrogen and oxygen atoms in total. The van der Waals surface area contributed by atoms with Crippen LogP contribution in [0.4, 0.5) is 23.1 Å². The molecule has 6 N–H and O–H groups in total. The summed E-state index contributed by atoms with van der Waals surface area (Å²) in [6, 6.07) is 5.88. The minimum Gasteiger partial charge on any atom is -0.491 e. The van der Waals surface area contributed by atoms with Crippen LogP contribution in [0.15, 0.2) is 24.4 Å². The number of hydrogen-bond acceptors (Lipinski definition) is 8. The standard InChI is InChI=1S/C20H26N6O3/c21-18(28)15-11-23-20(26-19(15)24-12-2-5-14(27)6-3-12)25-13-4-7-17-16(10-13)22-8-1-9-29-17/h4,7,10-12,14,22,27H,1-3,5-6,8-9H2,(H2,21,28)(H2,23,24,25,26). The molecule has 2 aliphatic rings. The number of amides is 1. The van der Waals surface area contributed by atoms with E-state index in [0.29, 0.717) is 18.4 Å². The number of aliphatic hydroxyl groups is 1. The molecular weight excluding hydrogens is 372 g/mol. The lowest BCUT2D eigenvalue weighted by molar-refractivity contribution is 0.1000. The molecule has 1 aromatic heterocycles. The zero-order valence-electron chi connectivity index (χ0n) is 16.1. The van der Waals surface area contributed by atoms with E-state index < -0.39 is 5.91 Å². The van der Waals surface area contributed by atoms with E-state index in [4.69, 9.17) is 10.5 Å². The van der Waals surface area contributed by atoms with Gasteiger partial charge in [0.05, 0.1) is 24.0 Å². The molecule has 0 bridgehead atoms. The topological polar surface area (TPSA) is 134 Å². The highest BCUT2D eigenvalue weighted by Crippen LogP contribution is 2.31. The number of rotatable bonds is 5. The summed E-state index contributed by atoms with van der Waals surface area (Å²) in [5.74, 6) is 1.01. The van der Waals surface area contributed by atoms with E-state index in [1.165, 1.54) is 6.20 Å². The Morgan fingerprint density at radius 1 is 1.28 bits per heavy atom. The summed E-state index contributed by atoms with van der Waals surface area (Å²) in [5.41, 5.74) is 7.47. The van der Waals surface area contributed by atoms with Crippen molar-refractivity contribution in [3.8, 4) is 5.75 Å². The van der Waals surface area contributed by atoms with Crippen LogP contribution in [0.5, 0.6) is 5.75 Å². The normalized spacial score (nSPS) is 21.1. The Labute approximate surface area is 169 Å². The summed E-state index contributed by atoms with van der Waals surface area (Å²) in [6.07, 6.45) is 5.20. The van der Waals surface area contributed by atoms with Crippen molar-refractivity contribution in [2.75, 3.05) is 29.1 Å². The van der Waals surface area contributed by atoms with E-state index in [0.717, 1.165) is 55.8 Å². The molecule has 0 unspecified atom stereocenters. The predicted molar refractivity (Wildman–Crippen MR) is 111 cm³/mol. The van der Waals surface area contributed by atoms with Crippen molar-refractivity contribution in [2.24, 2.45) is 5.73 Å². The van der Waals surface area contributed by atoms with Crippen LogP contribution in [0.3, 0.4) is 0 Å². The molecular formula is C20H26N6O3. The van der Waals surface area contributed by atoms with Gasteiger partial charge >= 0.3 is 0 Å². The zero-order valence-corrected chi connectivity index (χ0v) is 16.1. The van der Waals surface area contributed by atoms with Gasteiger partial charge in [-0.15, -0.1) is 0 Å². The number of carbonyl (C=O) groups excluding carboxylic acids is 1. The van der Waals surface area contributed by atoms with Gasteiger partial charge < -0.3 is 31.5 Å². The molecule has 1 aliphatic heterocycles. The van der Waals surface area contributed by atoms with E-state index in [1.54, 1.807) is 0 Å². The average Bonchev–Trinajstić information content (AvgIpc) is 2.95. The molecule has 1 saturated carbocycles. The van der Waals surface area contributed by atoms with Gasteiger partial charge in [-0.2, -0.15) is 4.98 Å². The van der Waals surface area contributed by atoms with Crippen LogP contribution in [-0.4, -0.2) is 46.3 Å². The largest absolute Gasteiger partial charge is 0.491 e. The predicted octanol–water partition coefficient (Wildman–Crippen LogP) is 2.23. The fraction of sp³-hybridized carbons (Fsp3) is 0.450. The highest BCUT2D eigenvalue weighted by molar-refractivity contribution is 5.97. The third kappa shape index (κ3) is 4.68. The summed E-state index contributed by atoms with van der Waals surface area (Å²) in [6.45, 7) is 1.54. The van der Waals surface area contributed by atoms with Crippen molar-refractivity contribution in [3.63, 3.8) is 0 Å². The quantitative estimate of drug-likeness (QED) is 0.518. The molecule has 2 heterocycles. The van der Waals surface area contributed by atoms with Crippen molar-refractivity contribution in [2.45, 2.75) is 44.2 Å². The number of primary amides is 1. The first-order valence-corrected chi connectivity index (χ1v) is 9.97. The Balaban J connectivity index is 1.53. The number of nitrogens with two attached hydrogens (primary N) is 1. The molecule has 0 radical (unpaired) electrons. The van der Waals surface area contributed by atoms with Gasteiger partial charge in [0.25, 0.3) is 5.91 Å². The maximum atomic E-state index is 11.8. The molecule has 1 fully saturated rings. The van der Waals surface area contributed by atoms with Gasteiger partial charge in [0, 0.05) is 24.5 Å². The lowest BCUT2D eigenvalue weighted by atomic mass is 9.93. The monoisotopic (exact) mass is 398 g/mol. The van der Waals surface area contributed by atoms with Crippen molar-refractivity contribution in [1.82, 2.24) is 9.97 Å². The van der Waals surface area contributed by atoms with Gasteiger partial charge in [0.15, 0.2) is 0 Å². The number of hydrogen-bond donors (Lipinski definition) is 5. The van der Waals surface area contributed by atoms with Gasteiger partial charge in [-0.1, -0.05) is 0 Å². The first-order valence-electron chi connectivity index (χ1n) is 9.97. The van der Waals surface area contributed by atoms with Crippen molar-refractivity contribution in [1.29, 1.82) is 0 Å². The van der Waals surface area contributed by atoms with E-state index in [-0.39, 0.29) is 17.7 Å². The first-order chi connectivity index (χ1) is 14.1. The molecule has 154 valence electrons. The van der Waals surface area contributed by atoms with E-state index in [9.17, 15) is 9.90 Å². The second-order valence-corrected chi connectivity index (χ2v) is 7.43. The number of nitrogens with one attached hydrogen (secondary N) is 3. The van der Waals surface area contributed by atoms with Crippen LogP contribution in [0.2, 0.25) is 0 Å². The van der Waals surface area contributed by atoms with Gasteiger partial charge in [-0.25, -0.2) is 4.98 Å². The van der Waals surface area contributed by atoms with E-state index >= 15 is 0 Å². The number of aromatic nitrogens is 2. The summed E-state index contributed by atoms with van der Waals surface area (Å²) in [5, 5.41) is 19.5. The number of carbonyl (C=O) groups is 1. The number of ether oxygens (including phenoxy) is 1. The Hall–Kier alpha value is -3.07. The second kappa shape index (κ2) is 8.52. The van der Waals surface area contributed by atoms with Gasteiger partial charge in [-0.3, -0.25) is 4.79 Å². The molecule has 2 aromatic rings. The molecule has 1 amide bonds. The number of anilines is 4.